The molecule has 6 rings (SSSR count). The molecule has 0 atom stereocenters. The molecule has 0 spiro atoms. The van der Waals surface area contributed by atoms with Crippen LogP contribution in [0.5, 0.6) is 5.75 Å². The Bertz CT molecular complexity index is 842. The zero-order chi connectivity index (χ0) is 20.8. The summed E-state index contributed by atoms with van der Waals surface area (Å²) in [6, 6.07) is 2.44. The molecule has 0 aliphatic heterocycles. The lowest BCUT2D eigenvalue weighted by Crippen LogP contribution is -2.48. The van der Waals surface area contributed by atoms with E-state index in [9.17, 15) is 13.4 Å². The molecule has 1 aromatic carbocycles. The van der Waals surface area contributed by atoms with E-state index in [1.165, 1.54) is 50.7 Å². The first-order chi connectivity index (χ1) is 13.7. The summed E-state index contributed by atoms with van der Waals surface area (Å²) < 4.78 is 36.4. The van der Waals surface area contributed by atoms with Crippen LogP contribution in [0.3, 0.4) is 0 Å². The fourth-order valence-electron chi connectivity index (χ4n) is 5.81. The molecule has 5 nitrogen and oxygen atoms in total. The van der Waals surface area contributed by atoms with E-state index in [4.69, 9.17) is 26.9 Å². The summed E-state index contributed by atoms with van der Waals surface area (Å²) in [6.45, 7) is 0.589. The number of rotatable bonds is 5. The lowest BCUT2D eigenvalue weighted by Gasteiger charge is -2.56. The van der Waals surface area contributed by atoms with Gasteiger partial charge < -0.3 is 19.5 Å². The second-order valence-corrected chi connectivity index (χ2v) is 11.0. The van der Waals surface area contributed by atoms with Crippen molar-refractivity contribution < 1.29 is 18.1 Å². The van der Waals surface area contributed by atoms with Crippen molar-refractivity contribution in [2.45, 2.75) is 56.6 Å². The summed E-state index contributed by atoms with van der Waals surface area (Å²) in [6.07, 6.45) is 9.81. The van der Waals surface area contributed by atoms with Gasteiger partial charge in [-0.2, -0.15) is 10.6 Å². The smallest absolute Gasteiger partial charge is 0.251 e. The quantitative estimate of drug-likeness (QED) is 0.626. The van der Waals surface area contributed by atoms with Crippen LogP contribution in [-0.2, 0) is 14.8 Å². The van der Waals surface area contributed by atoms with E-state index in [1.54, 1.807) is 0 Å². The van der Waals surface area contributed by atoms with Gasteiger partial charge in [-0.3, -0.25) is 4.79 Å². The van der Waals surface area contributed by atoms with Crippen LogP contribution < -0.4 is 10.5 Å². The molecule has 5 aliphatic carbocycles. The van der Waals surface area contributed by atoms with Crippen molar-refractivity contribution in [3.05, 3.63) is 28.5 Å². The Morgan fingerprint density at radius 1 is 1.21 bits per heavy atom. The third-order valence-electron chi connectivity index (χ3n) is 6.81. The van der Waals surface area contributed by atoms with Crippen LogP contribution in [0.25, 0.3) is 0 Å². The van der Waals surface area contributed by atoms with Gasteiger partial charge in [-0.25, -0.2) is 4.39 Å². The maximum atomic E-state index is 13.9. The highest BCUT2D eigenvalue weighted by molar-refractivity contribution is 7.74. The van der Waals surface area contributed by atoms with Crippen LogP contribution in [0.1, 0.15) is 61.7 Å². The minimum atomic E-state index is -1.26. The van der Waals surface area contributed by atoms with Crippen LogP contribution in [0, 0.1) is 33.8 Å². The topological polar surface area (TPSA) is 93.2 Å². The van der Waals surface area contributed by atoms with Crippen molar-refractivity contribution in [2.24, 2.45) is 28.9 Å². The number of nitrogens with two attached hydrogens (primary N) is 1. The first-order valence-electron chi connectivity index (χ1n) is 10.3. The highest BCUT2D eigenvalue weighted by atomic mass is 35.5. The van der Waals surface area contributed by atoms with Crippen LogP contribution in [0.4, 0.5) is 4.39 Å². The van der Waals surface area contributed by atoms with Gasteiger partial charge in [0.2, 0.25) is 0 Å². The van der Waals surface area contributed by atoms with E-state index < -0.39 is 22.3 Å². The van der Waals surface area contributed by atoms with Crippen molar-refractivity contribution in [3.8, 4) is 5.75 Å². The molecule has 0 radical (unpaired) electrons. The van der Waals surface area contributed by atoms with E-state index in [0.29, 0.717) is 12.4 Å². The van der Waals surface area contributed by atoms with Gasteiger partial charge in [0, 0.05) is 11.5 Å². The van der Waals surface area contributed by atoms with Gasteiger partial charge in [0.15, 0.2) is 0 Å². The number of carbonyl (C=O) groups excluding carboxylic acids is 1. The van der Waals surface area contributed by atoms with Crippen molar-refractivity contribution in [2.75, 3.05) is 6.61 Å². The number of amides is 1. The third kappa shape index (κ3) is 4.71. The fraction of sp³-hybridized carbons (Fsp3) is 0.667. The van der Waals surface area contributed by atoms with Crippen LogP contribution in [0.15, 0.2) is 12.1 Å². The molecule has 4 bridgehead atoms. The maximum absolute atomic E-state index is 13.9. The Balaban J connectivity index is 0.000000294. The lowest BCUT2D eigenvalue weighted by atomic mass is 9.50. The number of ether oxygens (including phenoxy) is 1. The van der Waals surface area contributed by atoms with Gasteiger partial charge in [-0.1, -0.05) is 29.7 Å². The molecule has 5 saturated carbocycles. The highest BCUT2D eigenvalue weighted by Gasteiger charge is 2.51. The van der Waals surface area contributed by atoms with Crippen molar-refractivity contribution in [1.29, 1.82) is 4.78 Å². The molecule has 29 heavy (non-hydrogen) atoms. The van der Waals surface area contributed by atoms with Crippen molar-refractivity contribution in [1.82, 2.24) is 0 Å². The van der Waals surface area contributed by atoms with E-state index in [2.05, 4.69) is 0 Å². The summed E-state index contributed by atoms with van der Waals surface area (Å²) in [5.74, 6) is 1.34. The predicted molar refractivity (Wildman–Crippen MR) is 110 cm³/mol. The number of hydrogen-bond acceptors (Lipinski definition) is 5. The number of carbonyl (C=O) groups is 1. The van der Waals surface area contributed by atoms with E-state index >= 15 is 0 Å². The van der Waals surface area contributed by atoms with Crippen molar-refractivity contribution >= 4 is 28.1 Å². The summed E-state index contributed by atoms with van der Waals surface area (Å²) in [4.78, 5) is 11.2. The molecule has 3 N–H and O–H groups in total. The third-order valence-corrected chi connectivity index (χ3v) is 8.19. The number of primary amides is 1. The Morgan fingerprint density at radius 2 is 1.76 bits per heavy atom. The van der Waals surface area contributed by atoms with Gasteiger partial charge >= 0.3 is 0 Å². The largest absolute Gasteiger partial charge is 0.491 e. The van der Waals surface area contributed by atoms with Gasteiger partial charge in [0.05, 0.1) is 17.2 Å². The monoisotopic (exact) mass is 441 g/mol. The maximum Gasteiger partial charge on any atom is 0.251 e. The number of halogens is 2. The molecule has 0 saturated heterocycles. The predicted octanol–water partition coefficient (Wildman–Crippen LogP) is 5.05. The molecule has 8 heteroatoms. The Hall–Kier alpha value is -1.34. The first-order valence-corrected chi connectivity index (χ1v) is 11.9. The van der Waals surface area contributed by atoms with E-state index in [-0.39, 0.29) is 21.3 Å². The Morgan fingerprint density at radius 3 is 2.17 bits per heavy atom. The Labute approximate surface area is 177 Å². The normalized spacial score (nSPS) is 32.0. The number of nitrogens with one attached hydrogen (secondary N) is 1. The van der Waals surface area contributed by atoms with Gasteiger partial charge in [-0.15, -0.1) is 0 Å². The summed E-state index contributed by atoms with van der Waals surface area (Å²) in [7, 11) is -1.26. The van der Waals surface area contributed by atoms with Crippen LogP contribution >= 0.6 is 11.6 Å². The standard InChI is InChI=1S/C18H21ClFNO2.C3H6NOS/c19-14-4-13(17(21)22)15(20)5-16(14)23-9-18-6-10-1-11(7-18)3-12(2-10)8-18;4-6(5)3-1-2-3/h4-5,10-12H,1-3,6-9H2,(H2,21,22);3-4H,1-2H2/q;-1. The van der Waals surface area contributed by atoms with Gasteiger partial charge in [-0.05, 0) is 62.3 Å². The summed E-state index contributed by atoms with van der Waals surface area (Å²) in [5.41, 5.74) is 5.17. The van der Waals surface area contributed by atoms with Crippen molar-refractivity contribution in [3.63, 3.8) is 0 Å². The molecule has 1 aromatic rings. The van der Waals surface area contributed by atoms with E-state index in [1.807, 2.05) is 0 Å². The second-order valence-electron chi connectivity index (χ2n) is 9.33. The second kappa shape index (κ2) is 8.06. The van der Waals surface area contributed by atoms with Gasteiger partial charge in [0.1, 0.15) is 11.6 Å². The Kier molecular flexibility index (Phi) is 5.81. The summed E-state index contributed by atoms with van der Waals surface area (Å²) in [5, 5.41) is 0.481. The van der Waals surface area contributed by atoms with Gasteiger partial charge in [0.25, 0.3) is 5.91 Å². The fourth-order valence-corrected chi connectivity index (χ4v) is 6.59. The average Bonchev–Trinajstić information content (AvgIpc) is 3.46. The molecular formula is C21H27ClFN2O3S-. The molecule has 0 aromatic heterocycles. The minimum Gasteiger partial charge on any atom is -0.491 e. The summed E-state index contributed by atoms with van der Waals surface area (Å²) >= 11 is 6.13. The zero-order valence-corrected chi connectivity index (χ0v) is 17.9. The highest BCUT2D eigenvalue weighted by Crippen LogP contribution is 2.60. The molecule has 5 fully saturated rings. The number of hydrogen-bond donors (Lipinski definition) is 2. The SMILES string of the molecule is N=[S-](=O)C1CC1.NC(=O)c1cc(Cl)c(OCC23CC4CC(CC(C4)C2)C3)cc1F. The zero-order valence-electron chi connectivity index (χ0n) is 16.3. The average molecular weight is 442 g/mol. The minimum absolute atomic E-state index is 0.197. The number of benzene rings is 1. The van der Waals surface area contributed by atoms with Crippen LogP contribution in [-0.4, -0.2) is 17.8 Å². The first kappa shape index (κ1) is 20.9. The lowest BCUT2D eigenvalue weighted by molar-refractivity contribution is -0.0745. The molecule has 0 heterocycles. The molecule has 160 valence electrons. The molecule has 5 aliphatic rings. The van der Waals surface area contributed by atoms with E-state index in [0.717, 1.165) is 30.6 Å². The molecule has 0 unspecified atom stereocenters. The molecule has 1 amide bonds. The molecular weight excluding hydrogens is 415 g/mol. The van der Waals surface area contributed by atoms with Crippen LogP contribution in [0.2, 0.25) is 5.02 Å².